The number of piperidine rings is 1. The maximum absolute atomic E-state index is 13.9. The predicted octanol–water partition coefficient (Wildman–Crippen LogP) is 3.19. The van der Waals surface area contributed by atoms with Crippen molar-refractivity contribution in [2.24, 2.45) is 5.92 Å². The van der Waals surface area contributed by atoms with Gasteiger partial charge in [0.15, 0.2) is 0 Å². The van der Waals surface area contributed by atoms with E-state index in [-0.39, 0.29) is 11.9 Å². The molecule has 2 N–H and O–H groups in total. The zero-order valence-electron chi connectivity index (χ0n) is 13.5. The highest BCUT2D eigenvalue weighted by atomic mass is 35.5. The molecule has 1 aliphatic heterocycles. The summed E-state index contributed by atoms with van der Waals surface area (Å²) in [6.45, 7) is 3.41. The largest absolute Gasteiger partial charge is 0.393 e. The monoisotopic (exact) mass is 340 g/mol. The van der Waals surface area contributed by atoms with Crippen LogP contribution in [0.5, 0.6) is 0 Å². The third-order valence-corrected chi connectivity index (χ3v) is 5.67. The van der Waals surface area contributed by atoms with Gasteiger partial charge in [0.05, 0.1) is 6.10 Å². The minimum absolute atomic E-state index is 0.120. The van der Waals surface area contributed by atoms with Gasteiger partial charge in [0.2, 0.25) is 0 Å². The molecule has 0 spiro atoms. The summed E-state index contributed by atoms with van der Waals surface area (Å²) in [7, 11) is 0. The van der Waals surface area contributed by atoms with Crippen molar-refractivity contribution in [1.29, 1.82) is 0 Å². The van der Waals surface area contributed by atoms with E-state index in [0.29, 0.717) is 29.1 Å². The summed E-state index contributed by atoms with van der Waals surface area (Å²) in [5.41, 5.74) is 0.606. The highest BCUT2D eigenvalue weighted by Crippen LogP contribution is 2.26. The summed E-state index contributed by atoms with van der Waals surface area (Å²) in [6.07, 6.45) is 5.25. The van der Waals surface area contributed by atoms with Crippen LogP contribution >= 0.6 is 11.6 Å². The van der Waals surface area contributed by atoms with E-state index >= 15 is 0 Å². The van der Waals surface area contributed by atoms with Crippen LogP contribution in [0.2, 0.25) is 5.02 Å². The maximum Gasteiger partial charge on any atom is 0.129 e. The second kappa shape index (κ2) is 7.93. The molecule has 3 nitrogen and oxygen atoms in total. The topological polar surface area (TPSA) is 35.5 Å². The summed E-state index contributed by atoms with van der Waals surface area (Å²) in [5, 5.41) is 14.0. The van der Waals surface area contributed by atoms with Gasteiger partial charge in [0, 0.05) is 29.7 Å². The fourth-order valence-corrected chi connectivity index (χ4v) is 4.00. The molecule has 1 aromatic carbocycles. The number of rotatable bonds is 5. The molecular formula is C18H26ClFN2O. The molecule has 128 valence electrons. The number of nitrogens with one attached hydrogen (secondary N) is 1. The standard InChI is InChI=1S/C18H26ClFN2O/c19-16-4-2-5-17(20)15(16)12-22-9-7-14(8-10-22)21-11-13-3-1-6-18(13)23/h2,4-5,13-14,18,21,23H,1,3,6-12H2/t13-,18+/m1/s1. The van der Waals surface area contributed by atoms with Gasteiger partial charge >= 0.3 is 0 Å². The lowest BCUT2D eigenvalue weighted by Gasteiger charge is -2.33. The maximum atomic E-state index is 13.9. The lowest BCUT2D eigenvalue weighted by atomic mass is 10.0. The minimum Gasteiger partial charge on any atom is -0.393 e. The third-order valence-electron chi connectivity index (χ3n) is 5.32. The Balaban J connectivity index is 1.43. The van der Waals surface area contributed by atoms with Gasteiger partial charge in [-0.15, -0.1) is 0 Å². The number of aliphatic hydroxyl groups excluding tert-OH is 1. The first kappa shape index (κ1) is 17.2. The summed E-state index contributed by atoms with van der Waals surface area (Å²) >= 11 is 6.11. The smallest absolute Gasteiger partial charge is 0.129 e. The zero-order chi connectivity index (χ0) is 16.2. The van der Waals surface area contributed by atoms with Gasteiger partial charge in [-0.1, -0.05) is 24.1 Å². The molecule has 5 heteroatoms. The summed E-state index contributed by atoms with van der Waals surface area (Å²) in [6, 6.07) is 5.38. The molecule has 1 aliphatic carbocycles. The van der Waals surface area contributed by atoms with E-state index in [4.69, 9.17) is 11.6 Å². The Kier molecular flexibility index (Phi) is 5.91. The molecule has 1 heterocycles. The number of aliphatic hydroxyl groups is 1. The van der Waals surface area contributed by atoms with Crippen LogP contribution in [0.4, 0.5) is 4.39 Å². The van der Waals surface area contributed by atoms with Crippen LogP contribution in [0.1, 0.15) is 37.7 Å². The van der Waals surface area contributed by atoms with E-state index in [2.05, 4.69) is 10.2 Å². The molecule has 2 fully saturated rings. The van der Waals surface area contributed by atoms with Crippen LogP contribution in [0.3, 0.4) is 0 Å². The number of likely N-dealkylation sites (tertiary alicyclic amines) is 1. The van der Waals surface area contributed by atoms with Crippen LogP contribution in [0.15, 0.2) is 18.2 Å². The van der Waals surface area contributed by atoms with Crippen molar-refractivity contribution in [2.75, 3.05) is 19.6 Å². The Bertz CT molecular complexity index is 499. The van der Waals surface area contributed by atoms with Crippen molar-refractivity contribution in [3.63, 3.8) is 0 Å². The van der Waals surface area contributed by atoms with Gasteiger partial charge in [-0.05, 0) is 56.8 Å². The average Bonchev–Trinajstić information content (AvgIpc) is 2.95. The van der Waals surface area contributed by atoms with Crippen molar-refractivity contribution in [3.8, 4) is 0 Å². The number of benzene rings is 1. The summed E-state index contributed by atoms with van der Waals surface area (Å²) in [4.78, 5) is 2.27. The Hall–Kier alpha value is -0.680. The van der Waals surface area contributed by atoms with Gasteiger partial charge in [-0.25, -0.2) is 4.39 Å². The molecule has 3 rings (SSSR count). The molecule has 0 bridgehead atoms. The van der Waals surface area contributed by atoms with E-state index < -0.39 is 0 Å². The Morgan fingerprint density at radius 1 is 1.22 bits per heavy atom. The number of hydrogen-bond donors (Lipinski definition) is 2. The Morgan fingerprint density at radius 3 is 2.65 bits per heavy atom. The van der Waals surface area contributed by atoms with Crippen LogP contribution in [0.25, 0.3) is 0 Å². The second-order valence-electron chi connectivity index (χ2n) is 6.92. The molecule has 23 heavy (non-hydrogen) atoms. The Morgan fingerprint density at radius 2 is 2.00 bits per heavy atom. The lowest BCUT2D eigenvalue weighted by Crippen LogP contribution is -2.44. The molecule has 1 saturated carbocycles. The molecule has 0 radical (unpaired) electrons. The van der Waals surface area contributed by atoms with Crippen LogP contribution in [-0.4, -0.2) is 41.8 Å². The van der Waals surface area contributed by atoms with Crippen molar-refractivity contribution in [2.45, 2.75) is 50.8 Å². The zero-order valence-corrected chi connectivity index (χ0v) is 14.2. The van der Waals surface area contributed by atoms with Crippen LogP contribution in [-0.2, 0) is 6.54 Å². The van der Waals surface area contributed by atoms with E-state index in [1.165, 1.54) is 6.07 Å². The summed E-state index contributed by atoms with van der Waals surface area (Å²) in [5.74, 6) is 0.207. The van der Waals surface area contributed by atoms with E-state index in [1.54, 1.807) is 12.1 Å². The van der Waals surface area contributed by atoms with E-state index in [0.717, 1.165) is 51.7 Å². The molecule has 2 aliphatic rings. The number of hydrogen-bond acceptors (Lipinski definition) is 3. The molecule has 1 aromatic rings. The number of halogens is 2. The summed E-state index contributed by atoms with van der Waals surface area (Å²) < 4.78 is 13.9. The van der Waals surface area contributed by atoms with Gasteiger partial charge in [-0.2, -0.15) is 0 Å². The molecule has 0 aromatic heterocycles. The highest BCUT2D eigenvalue weighted by Gasteiger charge is 2.27. The SMILES string of the molecule is O[C@H]1CCC[C@@H]1CNC1CCN(Cc2c(F)cccc2Cl)CC1. The first-order valence-corrected chi connectivity index (χ1v) is 9.08. The van der Waals surface area contributed by atoms with Crippen molar-refractivity contribution >= 4 is 11.6 Å². The van der Waals surface area contributed by atoms with Crippen LogP contribution in [0, 0.1) is 11.7 Å². The normalized spacial score (nSPS) is 26.7. The fraction of sp³-hybridized carbons (Fsp3) is 0.667. The molecule has 2 atom stereocenters. The van der Waals surface area contributed by atoms with Crippen molar-refractivity contribution < 1.29 is 9.50 Å². The van der Waals surface area contributed by atoms with E-state index in [1.807, 2.05) is 0 Å². The van der Waals surface area contributed by atoms with Gasteiger partial charge in [0.25, 0.3) is 0 Å². The van der Waals surface area contributed by atoms with Gasteiger partial charge in [0.1, 0.15) is 5.82 Å². The van der Waals surface area contributed by atoms with Gasteiger partial charge in [-0.3, -0.25) is 4.90 Å². The van der Waals surface area contributed by atoms with E-state index in [9.17, 15) is 9.50 Å². The lowest BCUT2D eigenvalue weighted by molar-refractivity contribution is 0.124. The molecule has 0 amide bonds. The fourth-order valence-electron chi connectivity index (χ4n) is 3.78. The average molecular weight is 341 g/mol. The van der Waals surface area contributed by atoms with Crippen molar-refractivity contribution in [1.82, 2.24) is 10.2 Å². The third kappa shape index (κ3) is 4.44. The van der Waals surface area contributed by atoms with Crippen LogP contribution < -0.4 is 5.32 Å². The minimum atomic E-state index is -0.215. The highest BCUT2D eigenvalue weighted by molar-refractivity contribution is 6.31. The second-order valence-corrected chi connectivity index (χ2v) is 7.32. The van der Waals surface area contributed by atoms with Crippen molar-refractivity contribution in [3.05, 3.63) is 34.6 Å². The van der Waals surface area contributed by atoms with Gasteiger partial charge < -0.3 is 10.4 Å². The quantitative estimate of drug-likeness (QED) is 0.864. The molecular weight excluding hydrogens is 315 g/mol. The molecule has 0 unspecified atom stereocenters. The first-order valence-electron chi connectivity index (χ1n) is 8.70. The Labute approximate surface area is 142 Å². The molecule has 1 saturated heterocycles. The predicted molar refractivity (Wildman–Crippen MR) is 91.1 cm³/mol. The number of nitrogens with zero attached hydrogens (tertiary/aromatic N) is 1. The first-order chi connectivity index (χ1) is 11.1.